The number of carbonyl (C=O) groups is 1. The van der Waals surface area contributed by atoms with Crippen LogP contribution in [0.5, 0.6) is 0 Å². The first-order valence-electron chi connectivity index (χ1n) is 8.18. The van der Waals surface area contributed by atoms with Crippen LogP contribution in [-0.4, -0.2) is 38.8 Å². The van der Waals surface area contributed by atoms with E-state index in [1.54, 1.807) is 23.0 Å². The molecule has 1 aromatic heterocycles. The van der Waals surface area contributed by atoms with Crippen molar-refractivity contribution in [1.82, 2.24) is 14.7 Å². The fraction of sp³-hybridized carbons (Fsp3) is 0.444. The number of aryl methyl sites for hydroxylation is 2. The number of hydrogen-bond acceptors (Lipinski definition) is 3. The number of hydrogen-bond donors (Lipinski definition) is 1. The largest absolute Gasteiger partial charge is 0.388 e. The van der Waals surface area contributed by atoms with Gasteiger partial charge in [-0.15, -0.1) is 0 Å². The highest BCUT2D eigenvalue weighted by atomic mass is 35.5. The third-order valence-corrected chi connectivity index (χ3v) is 4.98. The first-order valence-corrected chi connectivity index (χ1v) is 8.56. The predicted molar refractivity (Wildman–Crippen MR) is 93.0 cm³/mol. The second kappa shape index (κ2) is 6.95. The number of halogens is 1. The number of likely N-dealkylation sites (tertiary alicyclic amines) is 1. The van der Waals surface area contributed by atoms with Gasteiger partial charge in [0.15, 0.2) is 0 Å². The zero-order valence-corrected chi connectivity index (χ0v) is 14.7. The Labute approximate surface area is 146 Å². The maximum absolute atomic E-state index is 12.6. The van der Waals surface area contributed by atoms with Gasteiger partial charge in [-0.25, -0.2) is 0 Å². The van der Waals surface area contributed by atoms with Gasteiger partial charge in [-0.3, -0.25) is 9.48 Å². The van der Waals surface area contributed by atoms with Gasteiger partial charge in [-0.05, 0) is 43.4 Å². The number of nitrogens with zero attached hydrogens (tertiary/aromatic N) is 3. The Hall–Kier alpha value is -1.85. The van der Waals surface area contributed by atoms with Gasteiger partial charge in [0.25, 0.3) is 5.91 Å². The minimum absolute atomic E-state index is 0.0278. The molecule has 5 nitrogen and oxygen atoms in total. The quantitative estimate of drug-likeness (QED) is 0.928. The molecule has 6 heteroatoms. The molecule has 1 aromatic carbocycles. The summed E-state index contributed by atoms with van der Waals surface area (Å²) in [6.45, 7) is 3.16. The first-order chi connectivity index (χ1) is 11.5. The van der Waals surface area contributed by atoms with E-state index in [2.05, 4.69) is 5.10 Å². The summed E-state index contributed by atoms with van der Waals surface area (Å²) >= 11 is 5.90. The van der Waals surface area contributed by atoms with Crippen LogP contribution in [-0.2, 0) is 7.05 Å². The molecule has 24 heavy (non-hydrogen) atoms. The predicted octanol–water partition coefficient (Wildman–Crippen LogP) is 2.97. The molecule has 0 saturated carbocycles. The Kier molecular flexibility index (Phi) is 4.92. The second-order valence-electron chi connectivity index (χ2n) is 6.43. The summed E-state index contributed by atoms with van der Waals surface area (Å²) < 4.78 is 1.67. The van der Waals surface area contributed by atoms with E-state index < -0.39 is 6.10 Å². The van der Waals surface area contributed by atoms with E-state index in [1.165, 1.54) is 0 Å². The van der Waals surface area contributed by atoms with E-state index in [0.29, 0.717) is 23.7 Å². The lowest BCUT2D eigenvalue weighted by Crippen LogP contribution is -2.39. The van der Waals surface area contributed by atoms with E-state index >= 15 is 0 Å². The summed E-state index contributed by atoms with van der Waals surface area (Å²) in [5.74, 6) is 0.185. The van der Waals surface area contributed by atoms with E-state index in [4.69, 9.17) is 11.6 Å². The third kappa shape index (κ3) is 3.47. The fourth-order valence-corrected chi connectivity index (χ4v) is 3.46. The molecule has 1 fully saturated rings. The van der Waals surface area contributed by atoms with Gasteiger partial charge in [0.2, 0.25) is 0 Å². The van der Waals surface area contributed by atoms with Crippen molar-refractivity contribution in [3.05, 3.63) is 52.3 Å². The number of aliphatic hydroxyl groups is 1. The number of benzene rings is 1. The first kappa shape index (κ1) is 17.0. The lowest BCUT2D eigenvalue weighted by atomic mass is 9.87. The molecule has 3 rings (SSSR count). The molecular weight excluding hydrogens is 326 g/mol. The van der Waals surface area contributed by atoms with E-state index in [0.717, 1.165) is 24.1 Å². The van der Waals surface area contributed by atoms with Crippen molar-refractivity contribution in [2.45, 2.75) is 25.9 Å². The summed E-state index contributed by atoms with van der Waals surface area (Å²) in [5, 5.41) is 15.5. The summed E-state index contributed by atoms with van der Waals surface area (Å²) in [7, 11) is 1.82. The van der Waals surface area contributed by atoms with Gasteiger partial charge in [0.05, 0.1) is 17.4 Å². The molecule has 128 valence electrons. The highest BCUT2D eigenvalue weighted by Crippen LogP contribution is 2.31. The molecule has 1 aliphatic rings. The number of piperidine rings is 1. The molecule has 2 heterocycles. The van der Waals surface area contributed by atoms with Crippen LogP contribution in [0.3, 0.4) is 0 Å². The third-order valence-electron chi connectivity index (χ3n) is 4.73. The zero-order chi connectivity index (χ0) is 17.3. The smallest absolute Gasteiger partial charge is 0.257 e. The minimum Gasteiger partial charge on any atom is -0.388 e. The van der Waals surface area contributed by atoms with Crippen LogP contribution >= 0.6 is 11.6 Å². The molecule has 1 unspecified atom stereocenters. The lowest BCUT2D eigenvalue weighted by molar-refractivity contribution is 0.0462. The lowest BCUT2D eigenvalue weighted by Gasteiger charge is -2.34. The molecule has 0 radical (unpaired) electrons. The number of carbonyl (C=O) groups excluding carboxylic acids is 1. The number of amides is 1. The van der Waals surface area contributed by atoms with Gasteiger partial charge >= 0.3 is 0 Å². The number of aliphatic hydroxyl groups excluding tert-OH is 1. The van der Waals surface area contributed by atoms with Crippen molar-refractivity contribution in [3.8, 4) is 0 Å². The second-order valence-corrected chi connectivity index (χ2v) is 6.86. The van der Waals surface area contributed by atoms with Crippen molar-refractivity contribution >= 4 is 17.5 Å². The number of rotatable bonds is 3. The molecule has 1 atom stereocenters. The van der Waals surface area contributed by atoms with Crippen LogP contribution in [0, 0.1) is 12.8 Å². The summed E-state index contributed by atoms with van der Waals surface area (Å²) in [6, 6.07) is 7.32. The van der Waals surface area contributed by atoms with Crippen LogP contribution in [0.25, 0.3) is 0 Å². The molecule has 1 amide bonds. The van der Waals surface area contributed by atoms with Gasteiger partial charge < -0.3 is 10.0 Å². The van der Waals surface area contributed by atoms with Crippen LogP contribution in [0.4, 0.5) is 0 Å². The normalized spacial score (nSPS) is 17.1. The van der Waals surface area contributed by atoms with E-state index in [1.807, 2.05) is 31.0 Å². The molecule has 0 spiro atoms. The van der Waals surface area contributed by atoms with Gasteiger partial charge in [-0.2, -0.15) is 5.10 Å². The summed E-state index contributed by atoms with van der Waals surface area (Å²) in [6.07, 6.45) is 2.83. The van der Waals surface area contributed by atoms with Gasteiger partial charge in [0.1, 0.15) is 0 Å². The van der Waals surface area contributed by atoms with Crippen molar-refractivity contribution in [2.24, 2.45) is 13.0 Å². The monoisotopic (exact) mass is 347 g/mol. The molecule has 0 bridgehead atoms. The zero-order valence-electron chi connectivity index (χ0n) is 13.9. The average Bonchev–Trinajstić information content (AvgIpc) is 2.93. The highest BCUT2D eigenvalue weighted by Gasteiger charge is 2.29. The van der Waals surface area contributed by atoms with Crippen LogP contribution in [0.2, 0.25) is 5.02 Å². The Balaban J connectivity index is 1.62. The Morgan fingerprint density at radius 3 is 2.46 bits per heavy atom. The average molecular weight is 348 g/mol. The van der Waals surface area contributed by atoms with Crippen molar-refractivity contribution in [2.75, 3.05) is 13.1 Å². The topological polar surface area (TPSA) is 58.4 Å². The van der Waals surface area contributed by atoms with Crippen LogP contribution in [0.1, 0.15) is 40.6 Å². The Morgan fingerprint density at radius 1 is 1.29 bits per heavy atom. The fourth-order valence-electron chi connectivity index (χ4n) is 3.33. The van der Waals surface area contributed by atoms with E-state index in [9.17, 15) is 9.90 Å². The molecule has 0 aliphatic carbocycles. The summed E-state index contributed by atoms with van der Waals surface area (Å²) in [5.41, 5.74) is 2.30. The maximum atomic E-state index is 12.6. The minimum atomic E-state index is -0.514. The van der Waals surface area contributed by atoms with Crippen LogP contribution < -0.4 is 0 Å². The Morgan fingerprint density at radius 2 is 1.92 bits per heavy atom. The van der Waals surface area contributed by atoms with Crippen molar-refractivity contribution < 1.29 is 9.90 Å². The molecular formula is C18H22ClN3O2. The highest BCUT2D eigenvalue weighted by molar-refractivity contribution is 6.30. The summed E-state index contributed by atoms with van der Waals surface area (Å²) in [4.78, 5) is 14.5. The van der Waals surface area contributed by atoms with Gasteiger partial charge in [-0.1, -0.05) is 23.7 Å². The molecule has 1 aliphatic heterocycles. The maximum Gasteiger partial charge on any atom is 0.257 e. The SMILES string of the molecule is Cc1nn(C)cc1C(=O)N1CCC(C(O)c2ccc(Cl)cc2)CC1. The van der Waals surface area contributed by atoms with Gasteiger partial charge in [0, 0.05) is 31.4 Å². The Bertz CT molecular complexity index is 718. The standard InChI is InChI=1S/C18H22ClN3O2/c1-12-16(11-21(2)20-12)18(24)22-9-7-14(8-10-22)17(23)13-3-5-15(19)6-4-13/h3-6,11,14,17,23H,7-10H2,1-2H3. The number of aromatic nitrogens is 2. The van der Waals surface area contributed by atoms with Crippen LogP contribution in [0.15, 0.2) is 30.5 Å². The molecule has 2 aromatic rings. The van der Waals surface area contributed by atoms with Crippen molar-refractivity contribution in [1.29, 1.82) is 0 Å². The molecule has 1 N–H and O–H groups in total. The van der Waals surface area contributed by atoms with Crippen molar-refractivity contribution in [3.63, 3.8) is 0 Å². The molecule has 1 saturated heterocycles. The van der Waals surface area contributed by atoms with E-state index in [-0.39, 0.29) is 11.8 Å².